The number of hydrogen-bond donors (Lipinski definition) is 1. The second kappa shape index (κ2) is 10.6. The van der Waals surface area contributed by atoms with Gasteiger partial charge in [0, 0.05) is 57.3 Å². The molecule has 0 unspecified atom stereocenters. The Bertz CT molecular complexity index is 1190. The van der Waals surface area contributed by atoms with Gasteiger partial charge in [-0.25, -0.2) is 13.2 Å². The molecule has 4 rings (SSSR count). The molecule has 1 aromatic rings. The third-order valence-electron chi connectivity index (χ3n) is 7.27. The molecule has 0 radical (unpaired) electrons. The molecule has 202 valence electrons. The number of nitrogens with zero attached hydrogens (tertiary/aromatic N) is 4. The van der Waals surface area contributed by atoms with Gasteiger partial charge in [0.25, 0.3) is 16.1 Å². The Balaban J connectivity index is 1.36. The Hall–Kier alpha value is -2.69. The Labute approximate surface area is 214 Å². The first kappa shape index (κ1) is 27.3. The lowest BCUT2D eigenvalue weighted by atomic mass is 9.97. The van der Waals surface area contributed by atoms with Crippen LogP contribution in [0, 0.1) is 29.0 Å². The summed E-state index contributed by atoms with van der Waals surface area (Å²) in [4.78, 5) is 27.7. The number of carbonyl (C=O) groups excluding carboxylic acids is 2. The minimum Gasteiger partial charge on any atom is -0.350 e. The summed E-state index contributed by atoms with van der Waals surface area (Å²) < 4.78 is 69.4. The smallest absolute Gasteiger partial charge is 0.282 e. The van der Waals surface area contributed by atoms with Crippen LogP contribution >= 0.6 is 0 Å². The van der Waals surface area contributed by atoms with E-state index >= 15 is 0 Å². The van der Waals surface area contributed by atoms with Gasteiger partial charge in [0.2, 0.25) is 11.8 Å². The zero-order valence-electron chi connectivity index (χ0n) is 20.5. The summed E-state index contributed by atoms with van der Waals surface area (Å²) >= 11 is 0. The first-order valence-corrected chi connectivity index (χ1v) is 13.7. The summed E-state index contributed by atoms with van der Waals surface area (Å²) in [6.45, 7) is 1.40. The third-order valence-corrected chi connectivity index (χ3v) is 9.20. The molecule has 0 spiro atoms. The molecule has 3 saturated heterocycles. The van der Waals surface area contributed by atoms with Crippen LogP contribution in [0.4, 0.5) is 13.2 Å². The largest absolute Gasteiger partial charge is 0.350 e. The normalized spacial score (nSPS) is 23.9. The summed E-state index contributed by atoms with van der Waals surface area (Å²) in [6, 6.07) is 4.33. The number of carbonyl (C=O) groups is 2. The van der Waals surface area contributed by atoms with Crippen LogP contribution in [-0.2, 0) is 32.3 Å². The van der Waals surface area contributed by atoms with E-state index in [4.69, 9.17) is 5.26 Å². The molecule has 9 nitrogen and oxygen atoms in total. The monoisotopic (exact) mass is 541 g/mol. The van der Waals surface area contributed by atoms with Gasteiger partial charge in [-0.15, -0.1) is 0 Å². The molecule has 37 heavy (non-hydrogen) atoms. The van der Waals surface area contributed by atoms with Crippen LogP contribution in [0.3, 0.4) is 0 Å². The summed E-state index contributed by atoms with van der Waals surface area (Å²) in [6.07, 6.45) is 2.01. The minimum absolute atomic E-state index is 0.0132. The van der Waals surface area contributed by atoms with Gasteiger partial charge < -0.3 is 10.2 Å². The SMILES string of the molecule is CC(F)(F)c1ccc(CNC(=O)[C@H]2CCCN2C(=O)[C@H]2CCCN(S(=O)(=O)N3CC(C#N)C3)C2)c(F)c1. The molecule has 2 amide bonds. The Morgan fingerprint density at radius 2 is 1.84 bits per heavy atom. The number of nitriles is 1. The Morgan fingerprint density at radius 1 is 1.14 bits per heavy atom. The van der Waals surface area contributed by atoms with Crippen molar-refractivity contribution >= 4 is 22.0 Å². The number of rotatable bonds is 7. The summed E-state index contributed by atoms with van der Waals surface area (Å²) in [7, 11) is -3.76. The molecule has 3 fully saturated rings. The number of piperidine rings is 1. The van der Waals surface area contributed by atoms with Crippen LogP contribution in [-0.4, -0.2) is 72.5 Å². The Kier molecular flexibility index (Phi) is 7.83. The highest BCUT2D eigenvalue weighted by Crippen LogP contribution is 2.30. The molecule has 1 aromatic carbocycles. The van der Waals surface area contributed by atoms with E-state index in [1.54, 1.807) is 0 Å². The van der Waals surface area contributed by atoms with Crippen molar-refractivity contribution in [3.63, 3.8) is 0 Å². The van der Waals surface area contributed by atoms with Crippen molar-refractivity contribution in [2.24, 2.45) is 11.8 Å². The molecular weight excluding hydrogens is 511 g/mol. The molecule has 3 heterocycles. The average molecular weight is 542 g/mol. The number of halogens is 3. The van der Waals surface area contributed by atoms with Crippen molar-refractivity contribution < 1.29 is 31.2 Å². The fraction of sp³-hybridized carbons (Fsp3) is 0.625. The quantitative estimate of drug-likeness (QED) is 0.567. The van der Waals surface area contributed by atoms with Gasteiger partial charge in [0.15, 0.2) is 0 Å². The molecule has 2 atom stereocenters. The van der Waals surface area contributed by atoms with Crippen LogP contribution in [0.25, 0.3) is 0 Å². The lowest BCUT2D eigenvalue weighted by Crippen LogP contribution is -2.57. The molecular formula is C24H30F3N5O4S. The van der Waals surface area contributed by atoms with Crippen LogP contribution in [0.15, 0.2) is 18.2 Å². The number of benzene rings is 1. The van der Waals surface area contributed by atoms with E-state index < -0.39 is 45.4 Å². The van der Waals surface area contributed by atoms with Crippen molar-refractivity contribution in [3.05, 3.63) is 35.1 Å². The van der Waals surface area contributed by atoms with Crippen LogP contribution in [0.2, 0.25) is 0 Å². The lowest BCUT2D eigenvalue weighted by molar-refractivity contribution is -0.142. The van der Waals surface area contributed by atoms with E-state index in [2.05, 4.69) is 5.32 Å². The van der Waals surface area contributed by atoms with E-state index in [0.29, 0.717) is 39.2 Å². The summed E-state index contributed by atoms with van der Waals surface area (Å²) in [5.41, 5.74) is -0.412. The van der Waals surface area contributed by atoms with Crippen LogP contribution < -0.4 is 5.32 Å². The van der Waals surface area contributed by atoms with Crippen molar-refractivity contribution in [2.75, 3.05) is 32.7 Å². The van der Waals surface area contributed by atoms with Gasteiger partial charge >= 0.3 is 0 Å². The van der Waals surface area contributed by atoms with Crippen molar-refractivity contribution in [2.45, 2.75) is 51.1 Å². The van der Waals surface area contributed by atoms with Gasteiger partial charge in [-0.05, 0) is 31.7 Å². The predicted molar refractivity (Wildman–Crippen MR) is 126 cm³/mol. The van der Waals surface area contributed by atoms with E-state index in [0.717, 1.165) is 12.1 Å². The highest BCUT2D eigenvalue weighted by atomic mass is 32.2. The van der Waals surface area contributed by atoms with E-state index in [1.807, 2.05) is 6.07 Å². The van der Waals surface area contributed by atoms with E-state index in [9.17, 15) is 31.2 Å². The van der Waals surface area contributed by atoms with Crippen molar-refractivity contribution in [3.8, 4) is 6.07 Å². The summed E-state index contributed by atoms with van der Waals surface area (Å²) in [5.74, 6) is -5.72. The van der Waals surface area contributed by atoms with Gasteiger partial charge in [0.1, 0.15) is 11.9 Å². The molecule has 1 N–H and O–H groups in total. The highest BCUT2D eigenvalue weighted by molar-refractivity contribution is 7.86. The molecule has 0 saturated carbocycles. The topological polar surface area (TPSA) is 114 Å². The van der Waals surface area contributed by atoms with Gasteiger partial charge in [-0.3, -0.25) is 9.59 Å². The van der Waals surface area contributed by atoms with Crippen molar-refractivity contribution in [1.29, 1.82) is 5.26 Å². The average Bonchev–Trinajstić information content (AvgIpc) is 3.31. The predicted octanol–water partition coefficient (Wildman–Crippen LogP) is 1.96. The van der Waals surface area contributed by atoms with Gasteiger partial charge in [-0.1, -0.05) is 12.1 Å². The molecule has 13 heteroatoms. The van der Waals surface area contributed by atoms with E-state index in [1.165, 1.54) is 19.6 Å². The van der Waals surface area contributed by atoms with Crippen LogP contribution in [0.5, 0.6) is 0 Å². The third kappa shape index (κ3) is 5.76. The summed E-state index contributed by atoms with van der Waals surface area (Å²) in [5, 5.41) is 11.5. The highest BCUT2D eigenvalue weighted by Gasteiger charge is 2.44. The van der Waals surface area contributed by atoms with E-state index in [-0.39, 0.29) is 50.1 Å². The zero-order valence-corrected chi connectivity index (χ0v) is 21.3. The second-order valence-corrected chi connectivity index (χ2v) is 11.9. The minimum atomic E-state index is -3.76. The lowest BCUT2D eigenvalue weighted by Gasteiger charge is -2.41. The molecule has 3 aliphatic rings. The molecule has 3 aliphatic heterocycles. The maximum atomic E-state index is 14.3. The standard InChI is InChI=1S/C24H30F3N5O4S/c1-24(26,27)19-7-6-17(20(25)10-19)12-29-22(33)21-5-3-9-32(21)23(34)18-4-2-8-30(15-18)37(35,36)31-13-16(11-28)14-31/h6-7,10,16,18,21H,2-5,8-9,12-15H2,1H3,(H,29,33)/t18-,21+/m0/s1. The first-order valence-electron chi connectivity index (χ1n) is 12.3. The number of nitrogens with one attached hydrogen (secondary N) is 1. The first-order chi connectivity index (χ1) is 17.4. The van der Waals surface area contributed by atoms with Crippen LogP contribution in [0.1, 0.15) is 43.7 Å². The van der Waals surface area contributed by atoms with Crippen molar-refractivity contribution in [1.82, 2.24) is 18.8 Å². The molecule has 0 aromatic heterocycles. The fourth-order valence-corrected chi connectivity index (χ4v) is 6.82. The zero-order chi connectivity index (χ0) is 27.0. The number of amides is 2. The number of hydrogen-bond acceptors (Lipinski definition) is 5. The number of alkyl halides is 2. The fourth-order valence-electron chi connectivity index (χ4n) is 5.03. The van der Waals surface area contributed by atoms with Gasteiger partial charge in [0.05, 0.1) is 17.9 Å². The van der Waals surface area contributed by atoms with Gasteiger partial charge in [-0.2, -0.15) is 22.3 Å². The maximum Gasteiger partial charge on any atom is 0.282 e. The number of likely N-dealkylation sites (tertiary alicyclic amines) is 1. The second-order valence-electron chi connectivity index (χ2n) is 9.95. The molecule has 0 aliphatic carbocycles. The maximum absolute atomic E-state index is 14.3. The Morgan fingerprint density at radius 3 is 2.49 bits per heavy atom. The molecule has 0 bridgehead atoms.